The lowest BCUT2D eigenvalue weighted by Gasteiger charge is -2.38. The van der Waals surface area contributed by atoms with E-state index in [1.807, 2.05) is 6.20 Å². The lowest BCUT2D eigenvalue weighted by Crippen LogP contribution is -2.48. The van der Waals surface area contributed by atoms with E-state index in [1.165, 1.54) is 5.56 Å². The zero-order chi connectivity index (χ0) is 13.9. The van der Waals surface area contributed by atoms with Crippen LogP contribution < -0.4 is 10.2 Å². The van der Waals surface area contributed by atoms with E-state index in [0.717, 1.165) is 32.1 Å². The summed E-state index contributed by atoms with van der Waals surface area (Å²) in [5.41, 5.74) is 1.15. The second kappa shape index (κ2) is 5.88. The number of nitrogens with one attached hydrogen (secondary N) is 1. The van der Waals surface area contributed by atoms with Crippen molar-refractivity contribution in [1.82, 2.24) is 10.3 Å². The Bertz CT molecular complexity index is 402. The highest BCUT2D eigenvalue weighted by atomic mass is 16.5. The van der Waals surface area contributed by atoms with E-state index in [2.05, 4.69) is 55.0 Å². The number of ether oxygens (including phenoxy) is 1. The highest BCUT2D eigenvalue weighted by Gasteiger charge is 2.27. The monoisotopic (exact) mass is 263 g/mol. The van der Waals surface area contributed by atoms with Gasteiger partial charge < -0.3 is 15.0 Å². The van der Waals surface area contributed by atoms with Gasteiger partial charge in [0.1, 0.15) is 5.82 Å². The Labute approximate surface area is 116 Å². The molecule has 0 spiro atoms. The predicted molar refractivity (Wildman–Crippen MR) is 78.6 cm³/mol. The third kappa shape index (κ3) is 3.67. The molecule has 0 amide bonds. The Morgan fingerprint density at radius 2 is 2.26 bits per heavy atom. The van der Waals surface area contributed by atoms with Crippen LogP contribution in [0.4, 0.5) is 5.82 Å². The Morgan fingerprint density at radius 1 is 1.47 bits per heavy atom. The van der Waals surface area contributed by atoms with Crippen LogP contribution in [0.5, 0.6) is 0 Å². The van der Waals surface area contributed by atoms with Crippen molar-refractivity contribution in [2.45, 2.75) is 39.3 Å². The molecule has 0 aliphatic carbocycles. The smallest absolute Gasteiger partial charge is 0.128 e. The van der Waals surface area contributed by atoms with Crippen molar-refractivity contribution in [3.8, 4) is 0 Å². The molecule has 0 bridgehead atoms. The second-order valence-corrected chi connectivity index (χ2v) is 5.76. The van der Waals surface area contributed by atoms with Crippen LogP contribution in [0.2, 0.25) is 0 Å². The molecule has 19 heavy (non-hydrogen) atoms. The molecule has 2 rings (SSSR count). The third-order valence-corrected chi connectivity index (χ3v) is 3.53. The Hall–Kier alpha value is -1.13. The van der Waals surface area contributed by atoms with Crippen LogP contribution in [0, 0.1) is 0 Å². The summed E-state index contributed by atoms with van der Waals surface area (Å²) in [6.07, 6.45) is 1.98. The van der Waals surface area contributed by atoms with E-state index in [9.17, 15) is 0 Å². The Kier molecular flexibility index (Phi) is 4.42. The van der Waals surface area contributed by atoms with Gasteiger partial charge in [-0.1, -0.05) is 13.0 Å². The molecule has 1 N–H and O–H groups in total. The summed E-state index contributed by atoms with van der Waals surface area (Å²) in [6.45, 7) is 12.1. The van der Waals surface area contributed by atoms with Gasteiger partial charge in [-0.25, -0.2) is 4.98 Å². The first kappa shape index (κ1) is 14.3. The van der Waals surface area contributed by atoms with Crippen molar-refractivity contribution in [2.24, 2.45) is 0 Å². The van der Waals surface area contributed by atoms with Gasteiger partial charge in [0, 0.05) is 25.3 Å². The molecule has 1 aliphatic rings. The molecule has 0 radical (unpaired) electrons. The van der Waals surface area contributed by atoms with E-state index in [4.69, 9.17) is 4.74 Å². The highest BCUT2D eigenvalue weighted by molar-refractivity contribution is 5.40. The number of rotatable bonds is 4. The van der Waals surface area contributed by atoms with Gasteiger partial charge in [0.15, 0.2) is 0 Å². The molecule has 1 fully saturated rings. The number of hydrogen-bond donors (Lipinski definition) is 1. The first-order valence-corrected chi connectivity index (χ1v) is 7.10. The predicted octanol–water partition coefficient (Wildman–Crippen LogP) is 2.37. The van der Waals surface area contributed by atoms with E-state index in [1.54, 1.807) is 0 Å². The summed E-state index contributed by atoms with van der Waals surface area (Å²) in [4.78, 5) is 6.90. The largest absolute Gasteiger partial charge is 0.372 e. The molecule has 1 aromatic rings. The minimum atomic E-state index is -0.0876. The average molecular weight is 263 g/mol. The van der Waals surface area contributed by atoms with Crippen LogP contribution in [-0.4, -0.2) is 36.8 Å². The molecular formula is C15H25N3O. The fourth-order valence-electron chi connectivity index (χ4n) is 2.48. The summed E-state index contributed by atoms with van der Waals surface area (Å²) >= 11 is 0. The number of hydrogen-bond acceptors (Lipinski definition) is 4. The van der Waals surface area contributed by atoms with Crippen molar-refractivity contribution in [1.29, 1.82) is 0 Å². The lowest BCUT2D eigenvalue weighted by atomic mass is 10.1. The summed E-state index contributed by atoms with van der Waals surface area (Å²) in [5.74, 6) is 1.05. The quantitative estimate of drug-likeness (QED) is 0.905. The molecule has 106 valence electrons. The maximum atomic E-state index is 5.73. The molecule has 1 aliphatic heterocycles. The minimum Gasteiger partial charge on any atom is -0.372 e. The van der Waals surface area contributed by atoms with Crippen molar-refractivity contribution in [3.63, 3.8) is 0 Å². The number of aromatic nitrogens is 1. The van der Waals surface area contributed by atoms with Gasteiger partial charge in [-0.2, -0.15) is 0 Å². The summed E-state index contributed by atoms with van der Waals surface area (Å²) in [5, 5.41) is 3.40. The maximum absolute atomic E-state index is 5.73. The van der Waals surface area contributed by atoms with Crippen molar-refractivity contribution in [3.05, 3.63) is 23.9 Å². The third-order valence-electron chi connectivity index (χ3n) is 3.53. The number of nitrogens with zero attached hydrogens (tertiary/aromatic N) is 2. The van der Waals surface area contributed by atoms with Crippen molar-refractivity contribution >= 4 is 5.82 Å². The molecule has 1 aromatic heterocycles. The van der Waals surface area contributed by atoms with Crippen LogP contribution in [0.25, 0.3) is 0 Å². The number of morpholine rings is 1. The molecule has 4 heteroatoms. The Morgan fingerprint density at radius 3 is 2.84 bits per heavy atom. The molecule has 1 atom stereocenters. The summed E-state index contributed by atoms with van der Waals surface area (Å²) in [7, 11) is 0. The van der Waals surface area contributed by atoms with Crippen LogP contribution >= 0.6 is 0 Å². The van der Waals surface area contributed by atoms with Gasteiger partial charge in [0.2, 0.25) is 0 Å². The maximum Gasteiger partial charge on any atom is 0.128 e. The molecule has 4 nitrogen and oxygen atoms in total. The van der Waals surface area contributed by atoms with Crippen LogP contribution in [0.3, 0.4) is 0 Å². The lowest BCUT2D eigenvalue weighted by molar-refractivity contribution is -0.0279. The SMILES string of the molecule is CCNC(C)c1ccc(N2CCOC(C)(C)C2)nc1. The highest BCUT2D eigenvalue weighted by Crippen LogP contribution is 2.22. The van der Waals surface area contributed by atoms with E-state index >= 15 is 0 Å². The van der Waals surface area contributed by atoms with Crippen molar-refractivity contribution in [2.75, 3.05) is 31.1 Å². The fraction of sp³-hybridized carbons (Fsp3) is 0.667. The Balaban J connectivity index is 2.05. The average Bonchev–Trinajstić information content (AvgIpc) is 2.38. The van der Waals surface area contributed by atoms with E-state index < -0.39 is 0 Å². The molecule has 2 heterocycles. The van der Waals surface area contributed by atoms with Crippen LogP contribution in [-0.2, 0) is 4.74 Å². The summed E-state index contributed by atoms with van der Waals surface area (Å²) < 4.78 is 5.73. The molecule has 1 saturated heterocycles. The van der Waals surface area contributed by atoms with Crippen molar-refractivity contribution < 1.29 is 4.74 Å². The first-order valence-electron chi connectivity index (χ1n) is 7.10. The second-order valence-electron chi connectivity index (χ2n) is 5.76. The zero-order valence-corrected chi connectivity index (χ0v) is 12.4. The van der Waals surface area contributed by atoms with Gasteiger partial charge in [0.05, 0.1) is 12.2 Å². The number of pyridine rings is 1. The summed E-state index contributed by atoms with van der Waals surface area (Å²) in [6, 6.07) is 4.63. The standard InChI is InChI=1S/C15H25N3O/c1-5-16-12(2)13-6-7-14(17-10-13)18-8-9-19-15(3,4)11-18/h6-7,10,12,16H,5,8-9,11H2,1-4H3. The van der Waals surface area contributed by atoms with Gasteiger partial charge >= 0.3 is 0 Å². The van der Waals surface area contributed by atoms with Crippen LogP contribution in [0.15, 0.2) is 18.3 Å². The zero-order valence-electron chi connectivity index (χ0n) is 12.4. The van der Waals surface area contributed by atoms with Gasteiger partial charge in [-0.15, -0.1) is 0 Å². The van der Waals surface area contributed by atoms with Crippen LogP contribution in [0.1, 0.15) is 39.3 Å². The molecule has 0 aromatic carbocycles. The molecule has 0 saturated carbocycles. The van der Waals surface area contributed by atoms with Gasteiger partial charge in [-0.3, -0.25) is 0 Å². The van der Waals surface area contributed by atoms with Gasteiger partial charge in [0.25, 0.3) is 0 Å². The first-order chi connectivity index (χ1) is 9.02. The minimum absolute atomic E-state index is 0.0876. The van der Waals surface area contributed by atoms with E-state index in [-0.39, 0.29) is 5.60 Å². The van der Waals surface area contributed by atoms with Gasteiger partial charge in [-0.05, 0) is 38.9 Å². The normalized spacial score (nSPS) is 20.3. The molecule has 1 unspecified atom stereocenters. The fourth-order valence-corrected chi connectivity index (χ4v) is 2.48. The number of anilines is 1. The molecular weight excluding hydrogens is 238 g/mol. The van der Waals surface area contributed by atoms with E-state index in [0.29, 0.717) is 6.04 Å². The topological polar surface area (TPSA) is 37.4 Å².